The predicted molar refractivity (Wildman–Crippen MR) is 138 cm³/mol. The van der Waals surface area contributed by atoms with Crippen LogP contribution in [-0.2, 0) is 14.4 Å². The summed E-state index contributed by atoms with van der Waals surface area (Å²) < 4.78 is 16.0. The first-order chi connectivity index (χ1) is 17.7. The van der Waals surface area contributed by atoms with E-state index in [0.29, 0.717) is 34.4 Å². The van der Waals surface area contributed by atoms with Crippen molar-refractivity contribution in [1.82, 2.24) is 0 Å². The van der Waals surface area contributed by atoms with Gasteiger partial charge in [-0.25, -0.2) is 0 Å². The number of Topliss-reactive ketones (excluding diaryl/α,β-unsaturated/α-hetero) is 1. The number of aliphatic hydroxyl groups excluding tert-OH is 1. The molecule has 0 spiro atoms. The number of nitrogens with zero attached hydrogens (tertiary/aromatic N) is 1. The minimum absolute atomic E-state index is 0.134. The van der Waals surface area contributed by atoms with E-state index in [0.717, 1.165) is 0 Å². The number of methoxy groups -OCH3 is 1. The van der Waals surface area contributed by atoms with Crippen molar-refractivity contribution in [2.75, 3.05) is 18.6 Å². The Morgan fingerprint density at radius 1 is 1.03 bits per heavy atom. The van der Waals surface area contributed by atoms with Crippen molar-refractivity contribution in [3.05, 3.63) is 88.5 Å². The molecule has 1 unspecified atom stereocenters. The minimum atomic E-state index is -1.02. The van der Waals surface area contributed by atoms with Gasteiger partial charge in [0.25, 0.3) is 11.7 Å². The molecule has 0 aromatic heterocycles. The summed E-state index contributed by atoms with van der Waals surface area (Å²) in [4.78, 5) is 39.6. The number of ketones is 1. The number of hydrogen-bond donors (Lipinski definition) is 1. The predicted octanol–water partition coefficient (Wildman–Crippen LogP) is 5.30. The highest BCUT2D eigenvalue weighted by molar-refractivity contribution is 6.51. The van der Waals surface area contributed by atoms with Crippen LogP contribution in [0, 0.1) is 0 Å². The van der Waals surface area contributed by atoms with Crippen molar-refractivity contribution >= 4 is 40.7 Å². The number of ether oxygens (including phenoxy) is 3. The molecule has 0 bridgehead atoms. The first-order valence-corrected chi connectivity index (χ1v) is 11.8. The van der Waals surface area contributed by atoms with Crippen molar-refractivity contribution in [2.24, 2.45) is 0 Å². The molecule has 9 heteroatoms. The lowest BCUT2D eigenvalue weighted by atomic mass is 9.95. The van der Waals surface area contributed by atoms with Gasteiger partial charge >= 0.3 is 5.97 Å². The number of hydrogen-bond acceptors (Lipinski definition) is 7. The summed E-state index contributed by atoms with van der Waals surface area (Å²) in [5.41, 5.74) is 0.984. The molecular formula is C28H24ClNO7. The van der Waals surface area contributed by atoms with E-state index in [1.54, 1.807) is 55.5 Å². The van der Waals surface area contributed by atoms with E-state index >= 15 is 0 Å². The second-order valence-corrected chi connectivity index (χ2v) is 8.52. The number of halogens is 1. The number of carbonyl (C=O) groups excluding carboxylic acids is 3. The van der Waals surface area contributed by atoms with Crippen molar-refractivity contribution in [3.63, 3.8) is 0 Å². The average Bonchev–Trinajstić information content (AvgIpc) is 3.15. The first-order valence-electron chi connectivity index (χ1n) is 11.4. The normalized spacial score (nSPS) is 16.5. The molecule has 0 radical (unpaired) electrons. The molecule has 1 aliphatic rings. The van der Waals surface area contributed by atoms with Crippen molar-refractivity contribution in [1.29, 1.82) is 0 Å². The minimum Gasteiger partial charge on any atom is -0.507 e. The highest BCUT2D eigenvalue weighted by Gasteiger charge is 2.47. The Morgan fingerprint density at radius 3 is 2.41 bits per heavy atom. The number of rotatable bonds is 7. The Morgan fingerprint density at radius 2 is 1.76 bits per heavy atom. The monoisotopic (exact) mass is 521 g/mol. The van der Waals surface area contributed by atoms with Crippen molar-refractivity contribution in [3.8, 4) is 17.2 Å². The van der Waals surface area contributed by atoms with Crippen LogP contribution >= 0.6 is 11.6 Å². The van der Waals surface area contributed by atoms with E-state index in [1.165, 1.54) is 37.1 Å². The molecule has 1 amide bonds. The van der Waals surface area contributed by atoms with Gasteiger partial charge in [0.1, 0.15) is 23.0 Å². The molecule has 8 nitrogen and oxygen atoms in total. The van der Waals surface area contributed by atoms with Crippen LogP contribution in [0.15, 0.2) is 72.3 Å². The zero-order valence-corrected chi connectivity index (χ0v) is 21.1. The number of esters is 1. The Labute approximate surface area is 218 Å². The lowest BCUT2D eigenvalue weighted by molar-refractivity contribution is -0.132. The van der Waals surface area contributed by atoms with Crippen LogP contribution in [0.25, 0.3) is 5.76 Å². The Hall–Kier alpha value is -4.30. The summed E-state index contributed by atoms with van der Waals surface area (Å²) >= 11 is 6.20. The third-order valence-corrected chi connectivity index (χ3v) is 6.05. The molecule has 0 aliphatic carbocycles. The van der Waals surface area contributed by atoms with Gasteiger partial charge in [0.05, 0.1) is 30.4 Å². The van der Waals surface area contributed by atoms with Gasteiger partial charge in [-0.05, 0) is 67.1 Å². The quantitative estimate of drug-likeness (QED) is 0.148. The summed E-state index contributed by atoms with van der Waals surface area (Å²) in [6, 6.07) is 16.6. The molecule has 1 heterocycles. The maximum Gasteiger partial charge on any atom is 0.308 e. The maximum atomic E-state index is 13.4. The summed E-state index contributed by atoms with van der Waals surface area (Å²) in [6.07, 6.45) is 0. The smallest absolute Gasteiger partial charge is 0.308 e. The fourth-order valence-electron chi connectivity index (χ4n) is 4.14. The molecule has 190 valence electrons. The third-order valence-electron chi connectivity index (χ3n) is 5.73. The molecule has 0 saturated carbocycles. The number of carbonyl (C=O) groups is 3. The third kappa shape index (κ3) is 5.15. The molecule has 4 rings (SSSR count). The molecule has 1 aliphatic heterocycles. The van der Waals surface area contributed by atoms with Gasteiger partial charge in [-0.2, -0.15) is 0 Å². The summed E-state index contributed by atoms with van der Waals surface area (Å²) in [7, 11) is 1.52. The number of amides is 1. The number of benzene rings is 3. The van der Waals surface area contributed by atoms with E-state index in [9.17, 15) is 19.5 Å². The van der Waals surface area contributed by atoms with Crippen LogP contribution in [-0.4, -0.2) is 36.5 Å². The zero-order valence-electron chi connectivity index (χ0n) is 20.4. The van der Waals surface area contributed by atoms with Gasteiger partial charge < -0.3 is 19.3 Å². The van der Waals surface area contributed by atoms with E-state index in [2.05, 4.69) is 0 Å². The topological polar surface area (TPSA) is 102 Å². The zero-order chi connectivity index (χ0) is 26.7. The fourth-order valence-corrected chi connectivity index (χ4v) is 4.32. The molecular weight excluding hydrogens is 498 g/mol. The highest BCUT2D eigenvalue weighted by Crippen LogP contribution is 2.43. The van der Waals surface area contributed by atoms with Crippen molar-refractivity contribution in [2.45, 2.75) is 19.9 Å². The Bertz CT molecular complexity index is 1400. The summed E-state index contributed by atoms with van der Waals surface area (Å²) in [6.45, 7) is 3.40. The lowest BCUT2D eigenvalue weighted by Gasteiger charge is -2.26. The molecule has 3 aromatic rings. The van der Waals surface area contributed by atoms with Gasteiger partial charge in [0.15, 0.2) is 0 Å². The molecule has 1 fully saturated rings. The van der Waals surface area contributed by atoms with Crippen LogP contribution < -0.4 is 19.1 Å². The standard InChI is InChI=1S/C28H24ClNO7/c1-4-36-23-15-18(8-13-22(23)29)26(32)24-25(17-6-5-7-21(14-17)37-16(2)31)30(28(34)27(24)33)19-9-11-20(35-3)12-10-19/h5-15,25,32H,4H2,1-3H3/b26-24-. The van der Waals surface area contributed by atoms with E-state index in [-0.39, 0.29) is 16.9 Å². The van der Waals surface area contributed by atoms with Gasteiger partial charge in [-0.1, -0.05) is 23.7 Å². The molecule has 37 heavy (non-hydrogen) atoms. The summed E-state index contributed by atoms with van der Waals surface area (Å²) in [5, 5.41) is 11.7. The average molecular weight is 522 g/mol. The number of aliphatic hydroxyl groups is 1. The number of anilines is 1. The molecule has 1 atom stereocenters. The largest absolute Gasteiger partial charge is 0.507 e. The van der Waals surface area contributed by atoms with E-state index < -0.39 is 29.5 Å². The van der Waals surface area contributed by atoms with Crippen LogP contribution in [0.2, 0.25) is 5.02 Å². The van der Waals surface area contributed by atoms with Gasteiger partial charge in [-0.15, -0.1) is 0 Å². The highest BCUT2D eigenvalue weighted by atomic mass is 35.5. The van der Waals surface area contributed by atoms with Crippen LogP contribution in [0.5, 0.6) is 17.2 Å². The van der Waals surface area contributed by atoms with E-state index in [4.69, 9.17) is 25.8 Å². The van der Waals surface area contributed by atoms with Crippen LogP contribution in [0.4, 0.5) is 5.69 Å². The second-order valence-electron chi connectivity index (χ2n) is 8.11. The molecule has 1 saturated heterocycles. The second kappa shape index (κ2) is 10.8. The summed E-state index contributed by atoms with van der Waals surface area (Å²) in [5.74, 6) is -1.49. The first kappa shape index (κ1) is 25.8. The van der Waals surface area contributed by atoms with Crippen molar-refractivity contribution < 1.29 is 33.7 Å². The molecule has 1 N–H and O–H groups in total. The van der Waals surface area contributed by atoms with Gasteiger partial charge in [0, 0.05) is 18.2 Å². The fraction of sp³-hybridized carbons (Fsp3) is 0.179. The van der Waals surface area contributed by atoms with E-state index in [1.807, 2.05) is 0 Å². The lowest BCUT2D eigenvalue weighted by Crippen LogP contribution is -2.29. The van der Waals surface area contributed by atoms with Crippen LogP contribution in [0.3, 0.4) is 0 Å². The SMILES string of the molecule is CCOc1cc(/C(O)=C2/C(=O)C(=O)N(c3ccc(OC)cc3)C2c2cccc(OC(C)=O)c2)ccc1Cl. The molecule has 3 aromatic carbocycles. The maximum absolute atomic E-state index is 13.4. The Kier molecular flexibility index (Phi) is 7.50. The van der Waals surface area contributed by atoms with Gasteiger partial charge in [-0.3, -0.25) is 19.3 Å². The van der Waals surface area contributed by atoms with Gasteiger partial charge in [0.2, 0.25) is 0 Å². The Balaban J connectivity index is 1.92. The van der Waals surface area contributed by atoms with Crippen LogP contribution in [0.1, 0.15) is 31.0 Å².